The Labute approximate surface area is 250 Å². The zero-order valence-corrected chi connectivity index (χ0v) is 25.0. The molecule has 0 amide bonds. The van der Waals surface area contributed by atoms with E-state index in [0.29, 0.717) is 19.3 Å². The standard InChI is InChI=1S/C12H16F3NO2.C11H12F3NO3.CH3.BrH.Mg/c1-11(2,17)5-3-7-18-10-8-9(4-6-16-10)12(13,14)15;1-17-10(16)3-2-6-18-9-7-8(4-5-15-9)11(12,13)14;;;/h4,6,8,17H,3,5,7H2,1-2H3;4-5,7H,2-3,6H2,1H3;1H3;1H;/q;;-1;;+2/p-1. The van der Waals surface area contributed by atoms with E-state index in [9.17, 15) is 36.2 Å². The van der Waals surface area contributed by atoms with Crippen LogP contribution in [0.2, 0.25) is 0 Å². The first-order valence-electron chi connectivity index (χ1n) is 10.7. The topological polar surface area (TPSA) is 90.8 Å². The molecule has 2 aromatic rings. The number of hydrogen-bond donors (Lipinski definition) is 1. The van der Waals surface area contributed by atoms with Crippen molar-refractivity contribution in [2.24, 2.45) is 0 Å². The molecule has 2 rings (SSSR count). The summed E-state index contributed by atoms with van der Waals surface area (Å²) in [5.74, 6) is -0.564. The second kappa shape index (κ2) is 19.3. The van der Waals surface area contributed by atoms with Crippen molar-refractivity contribution in [1.29, 1.82) is 0 Å². The summed E-state index contributed by atoms with van der Waals surface area (Å²) >= 11 is 0. The van der Waals surface area contributed by atoms with Gasteiger partial charge in [-0.3, -0.25) is 4.79 Å². The van der Waals surface area contributed by atoms with E-state index in [4.69, 9.17) is 9.47 Å². The predicted octanol–water partition coefficient (Wildman–Crippen LogP) is 2.54. The Morgan fingerprint density at radius 1 is 0.872 bits per heavy atom. The van der Waals surface area contributed by atoms with Crippen LogP contribution in [0.15, 0.2) is 36.7 Å². The van der Waals surface area contributed by atoms with E-state index in [2.05, 4.69) is 14.7 Å². The summed E-state index contributed by atoms with van der Waals surface area (Å²) < 4.78 is 88.8. The predicted molar refractivity (Wildman–Crippen MR) is 128 cm³/mol. The van der Waals surface area contributed by atoms with Gasteiger partial charge >= 0.3 is 41.4 Å². The van der Waals surface area contributed by atoms with Gasteiger partial charge in [0.05, 0.1) is 37.1 Å². The molecule has 2 heterocycles. The Bertz CT molecular complexity index is 960. The van der Waals surface area contributed by atoms with Crippen LogP contribution in [0.3, 0.4) is 0 Å². The number of nitrogens with zero attached hydrogens (tertiary/aromatic N) is 2. The first-order valence-corrected chi connectivity index (χ1v) is 10.7. The van der Waals surface area contributed by atoms with Gasteiger partial charge in [-0.25, -0.2) is 9.97 Å². The molecule has 0 aromatic carbocycles. The number of aliphatic hydroxyl groups is 1. The third-order valence-corrected chi connectivity index (χ3v) is 4.31. The van der Waals surface area contributed by atoms with Crippen LogP contribution in [-0.2, 0) is 21.9 Å². The van der Waals surface area contributed by atoms with Crippen molar-refractivity contribution in [3.63, 3.8) is 0 Å². The molecule has 0 spiro atoms. The number of alkyl halides is 6. The normalized spacial score (nSPS) is 10.9. The molecule has 0 bridgehead atoms. The molecule has 2 aromatic heterocycles. The Balaban J connectivity index is -0.000000617. The number of rotatable bonds is 10. The van der Waals surface area contributed by atoms with E-state index in [0.717, 1.165) is 36.7 Å². The van der Waals surface area contributed by atoms with Gasteiger partial charge in [0, 0.05) is 30.9 Å². The van der Waals surface area contributed by atoms with E-state index in [1.165, 1.54) is 7.11 Å². The van der Waals surface area contributed by atoms with Crippen LogP contribution in [0.5, 0.6) is 11.8 Å². The number of carbonyl (C=O) groups is 1. The zero-order valence-electron chi connectivity index (χ0n) is 22.0. The molecule has 0 aliphatic rings. The summed E-state index contributed by atoms with van der Waals surface area (Å²) in [6, 6.07) is 3.44. The minimum absolute atomic E-state index is 0. The van der Waals surface area contributed by atoms with Crippen LogP contribution in [0, 0.1) is 7.43 Å². The van der Waals surface area contributed by atoms with Crippen LogP contribution < -0.4 is 26.5 Å². The average Bonchev–Trinajstić information content (AvgIpc) is 2.78. The molecule has 0 radical (unpaired) electrons. The van der Waals surface area contributed by atoms with Crippen LogP contribution in [0.4, 0.5) is 26.3 Å². The number of hydrogen-bond acceptors (Lipinski definition) is 7. The fourth-order valence-corrected chi connectivity index (χ4v) is 2.51. The number of pyridine rings is 2. The molecule has 0 unspecified atom stereocenters. The van der Waals surface area contributed by atoms with Crippen LogP contribution in [0.25, 0.3) is 0 Å². The first-order chi connectivity index (χ1) is 16.6. The minimum Gasteiger partial charge on any atom is -1.00 e. The number of ether oxygens (including phenoxy) is 3. The van der Waals surface area contributed by atoms with Crippen molar-refractivity contribution in [1.82, 2.24) is 9.97 Å². The molecule has 0 atom stereocenters. The first kappa shape index (κ1) is 41.6. The summed E-state index contributed by atoms with van der Waals surface area (Å²) in [4.78, 5) is 18.1. The Morgan fingerprint density at radius 2 is 1.28 bits per heavy atom. The molecule has 1 N–H and O–H groups in total. The molecule has 39 heavy (non-hydrogen) atoms. The molecule has 15 heteroatoms. The molecule has 0 aliphatic carbocycles. The van der Waals surface area contributed by atoms with Gasteiger partial charge in [0.15, 0.2) is 0 Å². The van der Waals surface area contributed by atoms with Gasteiger partial charge in [-0.15, -0.1) is 0 Å². The van der Waals surface area contributed by atoms with Crippen molar-refractivity contribution in [2.45, 2.75) is 57.5 Å². The molecule has 7 nitrogen and oxygen atoms in total. The summed E-state index contributed by atoms with van der Waals surface area (Å²) in [7, 11) is 1.26. The Morgan fingerprint density at radius 3 is 1.64 bits per heavy atom. The smallest absolute Gasteiger partial charge is 1.00 e. The summed E-state index contributed by atoms with van der Waals surface area (Å²) in [6.07, 6.45) is -5.18. The quantitative estimate of drug-likeness (QED) is 0.140. The maximum Gasteiger partial charge on any atom is 2.00 e. The maximum absolute atomic E-state index is 12.4. The van der Waals surface area contributed by atoms with Gasteiger partial charge in [0.1, 0.15) is 0 Å². The van der Waals surface area contributed by atoms with Crippen molar-refractivity contribution in [3.05, 3.63) is 55.2 Å². The number of carbonyl (C=O) groups excluding carboxylic acids is 1. The summed E-state index contributed by atoms with van der Waals surface area (Å²) in [5.41, 5.74) is -2.40. The molecule has 0 fully saturated rings. The van der Waals surface area contributed by atoms with E-state index in [-0.39, 0.29) is 78.9 Å². The third-order valence-electron chi connectivity index (χ3n) is 4.31. The van der Waals surface area contributed by atoms with E-state index in [1.54, 1.807) is 13.8 Å². The molecule has 0 saturated carbocycles. The van der Waals surface area contributed by atoms with Gasteiger partial charge < -0.3 is 43.7 Å². The van der Waals surface area contributed by atoms with E-state index in [1.807, 2.05) is 0 Å². The fraction of sp³-hybridized carbons (Fsp3) is 0.500. The van der Waals surface area contributed by atoms with Crippen molar-refractivity contribution in [2.75, 3.05) is 20.3 Å². The summed E-state index contributed by atoms with van der Waals surface area (Å²) in [5, 5.41) is 9.45. The molecule has 218 valence electrons. The van der Waals surface area contributed by atoms with Crippen LogP contribution >= 0.6 is 0 Å². The second-order valence-corrected chi connectivity index (χ2v) is 8.05. The molecule has 0 aliphatic heterocycles. The SMILES string of the molecule is CC(C)(O)CCCOc1cc(C(F)(F)F)ccn1.COC(=O)CCCOc1cc(C(F)(F)F)ccn1.[Br-].[CH3-].[Mg+2]. The van der Waals surface area contributed by atoms with Gasteiger partial charge in [0.25, 0.3) is 0 Å². The van der Waals surface area contributed by atoms with E-state index < -0.39 is 35.0 Å². The van der Waals surface area contributed by atoms with Crippen LogP contribution in [-0.4, -0.2) is 70.0 Å². The number of methoxy groups -OCH3 is 1. The minimum atomic E-state index is -4.42. The Hall–Kier alpha value is -1.84. The van der Waals surface area contributed by atoms with Crippen LogP contribution in [0.1, 0.15) is 50.7 Å². The molecule has 0 saturated heterocycles. The fourth-order valence-electron chi connectivity index (χ4n) is 2.51. The number of halogens is 7. The largest absolute Gasteiger partial charge is 2.00 e. The van der Waals surface area contributed by atoms with Gasteiger partial charge in [-0.2, -0.15) is 26.3 Å². The van der Waals surface area contributed by atoms with Gasteiger partial charge in [-0.05, 0) is 45.2 Å². The average molecular weight is 646 g/mol. The number of esters is 1. The molecular formula is C24H31BrF6MgN2O5. The Kier molecular flexibility index (Phi) is 20.6. The zero-order chi connectivity index (χ0) is 27.4. The van der Waals surface area contributed by atoms with Crippen molar-refractivity contribution in [3.8, 4) is 11.8 Å². The van der Waals surface area contributed by atoms with Gasteiger partial charge in [-0.1, -0.05) is 0 Å². The monoisotopic (exact) mass is 644 g/mol. The number of aromatic nitrogens is 2. The van der Waals surface area contributed by atoms with Crippen molar-refractivity contribution >= 4 is 29.0 Å². The van der Waals surface area contributed by atoms with E-state index >= 15 is 0 Å². The maximum atomic E-state index is 12.4. The van der Waals surface area contributed by atoms with Crippen molar-refractivity contribution < 1.29 is 67.4 Å². The second-order valence-electron chi connectivity index (χ2n) is 8.05. The third kappa shape index (κ3) is 19.0. The van der Waals surface area contributed by atoms with Gasteiger partial charge in [0.2, 0.25) is 11.8 Å². The summed E-state index contributed by atoms with van der Waals surface area (Å²) in [6.45, 7) is 3.65. The molecular weight excluding hydrogens is 614 g/mol.